The molecule has 138 valence electrons. The molecule has 0 saturated heterocycles. The predicted octanol–water partition coefficient (Wildman–Crippen LogP) is 3.35. The van der Waals surface area contributed by atoms with Crippen molar-refractivity contribution in [2.45, 2.75) is 51.5 Å². The highest BCUT2D eigenvalue weighted by molar-refractivity contribution is 5.85. The lowest BCUT2D eigenvalue weighted by atomic mass is 9.47. The first-order chi connectivity index (χ1) is 11.7. The molecule has 0 amide bonds. The van der Waals surface area contributed by atoms with Crippen LogP contribution in [0.4, 0.5) is 0 Å². The highest BCUT2D eigenvalue weighted by atomic mass is 16.4. The van der Waals surface area contributed by atoms with Gasteiger partial charge in [0.2, 0.25) is 0 Å². The van der Waals surface area contributed by atoms with Crippen LogP contribution in [0.15, 0.2) is 30.3 Å². The van der Waals surface area contributed by atoms with E-state index < -0.39 is 5.97 Å². The van der Waals surface area contributed by atoms with Gasteiger partial charge in [-0.3, -0.25) is 0 Å². The van der Waals surface area contributed by atoms with Crippen LogP contribution in [0.3, 0.4) is 0 Å². The van der Waals surface area contributed by atoms with Gasteiger partial charge in [-0.05, 0) is 68.8 Å². The van der Waals surface area contributed by atoms with Gasteiger partial charge < -0.3 is 14.4 Å². The molecule has 1 aromatic rings. The van der Waals surface area contributed by atoms with Crippen molar-refractivity contribution < 1.29 is 14.4 Å². The average Bonchev–Trinajstić information content (AvgIpc) is 2.53. The Labute approximate surface area is 152 Å². The van der Waals surface area contributed by atoms with Crippen molar-refractivity contribution in [1.29, 1.82) is 0 Å². The molecule has 4 bridgehead atoms. The van der Waals surface area contributed by atoms with Crippen molar-refractivity contribution in [1.82, 2.24) is 0 Å². The normalized spacial score (nSPS) is 34.2. The second-order valence-corrected chi connectivity index (χ2v) is 9.73. The van der Waals surface area contributed by atoms with Crippen LogP contribution in [-0.2, 0) is 0 Å². The van der Waals surface area contributed by atoms with Gasteiger partial charge in [0.05, 0.1) is 33.2 Å². The summed E-state index contributed by atoms with van der Waals surface area (Å²) in [6, 6.07) is 8.91. The first-order valence-electron chi connectivity index (χ1n) is 9.77. The molecule has 0 spiro atoms. The van der Waals surface area contributed by atoms with Gasteiger partial charge in [-0.2, -0.15) is 0 Å². The van der Waals surface area contributed by atoms with E-state index in [2.05, 4.69) is 28.1 Å². The van der Waals surface area contributed by atoms with Crippen LogP contribution < -0.4 is 5.11 Å². The number of carboxylic acids is 1. The van der Waals surface area contributed by atoms with Crippen LogP contribution >= 0.6 is 0 Å². The maximum absolute atomic E-state index is 10.1. The molecule has 1 unspecified atom stereocenters. The van der Waals surface area contributed by atoms with Crippen LogP contribution in [0.25, 0.3) is 0 Å². The Balaban J connectivity index is 0.000000173. The zero-order valence-electron chi connectivity index (χ0n) is 16.2. The lowest BCUT2D eigenvalue weighted by molar-refractivity contribution is -0.903. The van der Waals surface area contributed by atoms with Gasteiger partial charge >= 0.3 is 0 Å². The summed E-state index contributed by atoms with van der Waals surface area (Å²) in [5.74, 6) is 2.16. The molecular weight excluding hydrogens is 310 g/mol. The summed E-state index contributed by atoms with van der Waals surface area (Å²) < 4.78 is 1.16. The van der Waals surface area contributed by atoms with Gasteiger partial charge in [-0.15, -0.1) is 0 Å². The van der Waals surface area contributed by atoms with Crippen LogP contribution in [0.5, 0.6) is 0 Å². The molecule has 0 aromatic heterocycles. The summed E-state index contributed by atoms with van der Waals surface area (Å²) in [7, 11) is 7.18. The SMILES string of the molecule is CC(C12CC3CC(CC(C3)C1)C2)[N+](C)(C)C.O=C([O-])c1ccccc1. The molecule has 0 radical (unpaired) electrons. The van der Waals surface area contributed by atoms with E-state index in [0.717, 1.165) is 28.3 Å². The number of nitrogens with zero attached hydrogens (tertiary/aromatic N) is 1. The number of carboxylic acid groups (broad SMARTS) is 1. The number of rotatable bonds is 3. The van der Waals surface area contributed by atoms with Gasteiger partial charge in [0.25, 0.3) is 0 Å². The molecule has 5 rings (SSSR count). The predicted molar refractivity (Wildman–Crippen MR) is 98.9 cm³/mol. The second-order valence-electron chi connectivity index (χ2n) is 9.73. The van der Waals surface area contributed by atoms with Crippen LogP contribution in [-0.4, -0.2) is 37.6 Å². The van der Waals surface area contributed by atoms with Crippen LogP contribution in [0.1, 0.15) is 55.8 Å². The quantitative estimate of drug-likeness (QED) is 0.790. The minimum atomic E-state index is -1.13. The fourth-order valence-electron chi connectivity index (χ4n) is 6.09. The summed E-state index contributed by atoms with van der Waals surface area (Å²) in [5, 5.41) is 10.1. The van der Waals surface area contributed by atoms with E-state index in [0.29, 0.717) is 5.41 Å². The van der Waals surface area contributed by atoms with Crippen LogP contribution in [0, 0.1) is 23.2 Å². The maximum Gasteiger partial charge on any atom is 0.0912 e. The van der Waals surface area contributed by atoms with Crippen molar-refractivity contribution in [3.8, 4) is 0 Å². The van der Waals surface area contributed by atoms with Gasteiger partial charge in [-0.25, -0.2) is 0 Å². The van der Waals surface area contributed by atoms with E-state index in [1.165, 1.54) is 12.1 Å². The van der Waals surface area contributed by atoms with Gasteiger partial charge in [0.15, 0.2) is 0 Å². The number of hydrogen-bond acceptors (Lipinski definition) is 2. The Morgan fingerprint density at radius 2 is 1.44 bits per heavy atom. The maximum atomic E-state index is 10.1. The number of carbonyl (C=O) groups is 1. The van der Waals surface area contributed by atoms with Crippen molar-refractivity contribution in [2.75, 3.05) is 21.1 Å². The Morgan fingerprint density at radius 1 is 1.00 bits per heavy atom. The molecule has 1 atom stereocenters. The number of aromatic carboxylic acids is 1. The van der Waals surface area contributed by atoms with E-state index in [9.17, 15) is 9.90 Å². The summed E-state index contributed by atoms with van der Waals surface area (Å²) in [4.78, 5) is 10.1. The molecule has 25 heavy (non-hydrogen) atoms. The Hall–Kier alpha value is -1.35. The fraction of sp³-hybridized carbons (Fsp3) is 0.682. The topological polar surface area (TPSA) is 40.1 Å². The second kappa shape index (κ2) is 6.75. The summed E-state index contributed by atoms with van der Waals surface area (Å²) in [6.07, 6.45) is 9.37. The smallest absolute Gasteiger partial charge is 0.0912 e. The van der Waals surface area contributed by atoms with E-state index >= 15 is 0 Å². The van der Waals surface area contributed by atoms with E-state index in [1.807, 2.05) is 0 Å². The summed E-state index contributed by atoms with van der Waals surface area (Å²) in [5.41, 5.74) is 0.935. The highest BCUT2D eigenvalue weighted by Gasteiger charge is 2.56. The van der Waals surface area contributed by atoms with Gasteiger partial charge in [-0.1, -0.05) is 30.3 Å². The monoisotopic (exact) mass is 343 g/mol. The van der Waals surface area contributed by atoms with Gasteiger partial charge in [0, 0.05) is 5.41 Å². The number of quaternary nitrogens is 1. The molecule has 0 aliphatic heterocycles. The van der Waals surface area contributed by atoms with Crippen molar-refractivity contribution in [3.05, 3.63) is 35.9 Å². The minimum absolute atomic E-state index is 0.220. The first-order valence-corrected chi connectivity index (χ1v) is 9.77. The standard InChI is InChI=1S/C15H28N.C7H6O2/c1-11(16(2,3)4)15-8-12-5-13(9-15)7-14(6-12)10-15;8-7(9)6-4-2-1-3-5-6/h11-14H,5-10H2,1-4H3;1-5H,(H,8,9)/q+1;/p-1. The third-order valence-electron chi connectivity index (χ3n) is 7.14. The molecule has 3 heteroatoms. The lowest BCUT2D eigenvalue weighted by Crippen LogP contribution is -2.59. The van der Waals surface area contributed by atoms with E-state index in [4.69, 9.17) is 0 Å². The molecule has 3 nitrogen and oxygen atoms in total. The summed E-state index contributed by atoms with van der Waals surface area (Å²) >= 11 is 0. The largest absolute Gasteiger partial charge is 0.545 e. The fourth-order valence-corrected chi connectivity index (χ4v) is 6.09. The van der Waals surface area contributed by atoms with Crippen LogP contribution in [0.2, 0.25) is 0 Å². The molecule has 0 N–H and O–H groups in total. The minimum Gasteiger partial charge on any atom is -0.545 e. The first kappa shape index (κ1) is 18.4. The van der Waals surface area contributed by atoms with E-state index in [-0.39, 0.29) is 5.56 Å². The molecule has 1 aromatic carbocycles. The Bertz CT molecular complexity index is 567. The van der Waals surface area contributed by atoms with Gasteiger partial charge in [0.1, 0.15) is 0 Å². The zero-order chi connectivity index (χ0) is 18.2. The molecular formula is C22H33NO2. The lowest BCUT2D eigenvalue weighted by Gasteiger charge is -2.60. The molecule has 4 fully saturated rings. The highest BCUT2D eigenvalue weighted by Crippen LogP contribution is 2.62. The molecule has 0 heterocycles. The average molecular weight is 344 g/mol. The molecule has 4 aliphatic rings. The zero-order valence-corrected chi connectivity index (χ0v) is 16.2. The molecule has 4 aliphatic carbocycles. The Morgan fingerprint density at radius 3 is 1.76 bits per heavy atom. The van der Waals surface area contributed by atoms with E-state index in [1.54, 1.807) is 56.7 Å². The third kappa shape index (κ3) is 3.92. The number of benzene rings is 1. The number of carbonyl (C=O) groups excluding carboxylic acids is 1. The van der Waals surface area contributed by atoms with Crippen molar-refractivity contribution in [3.63, 3.8) is 0 Å². The van der Waals surface area contributed by atoms with Crippen molar-refractivity contribution in [2.24, 2.45) is 23.2 Å². The summed E-state index contributed by atoms with van der Waals surface area (Å²) in [6.45, 7) is 2.52. The Kier molecular flexibility index (Phi) is 4.98. The third-order valence-corrected chi connectivity index (χ3v) is 7.14. The van der Waals surface area contributed by atoms with Crippen molar-refractivity contribution >= 4 is 5.97 Å². The number of hydrogen-bond donors (Lipinski definition) is 0. The molecule has 4 saturated carbocycles.